The van der Waals surface area contributed by atoms with E-state index in [2.05, 4.69) is 19.1 Å². The Morgan fingerprint density at radius 1 is 0.826 bits per heavy atom. The number of unbranched alkanes of at least 4 members (excludes halogenated alkanes) is 9. The van der Waals surface area contributed by atoms with Gasteiger partial charge in [-0.25, -0.2) is 4.79 Å². The number of carbonyl (C=O) groups excluding carboxylic acids is 1. The van der Waals surface area contributed by atoms with Gasteiger partial charge in [-0.2, -0.15) is 0 Å². The maximum Gasteiger partial charge on any atom is 0.508 e. The molecular weight excluding hydrogens is 288 g/mol. The molecule has 0 aliphatic rings. The third-order valence-corrected chi connectivity index (χ3v) is 3.66. The van der Waals surface area contributed by atoms with Crippen molar-refractivity contribution in [2.24, 2.45) is 5.92 Å². The highest BCUT2D eigenvalue weighted by molar-refractivity contribution is 5.59. The van der Waals surface area contributed by atoms with E-state index in [1.807, 2.05) is 13.8 Å². The van der Waals surface area contributed by atoms with Gasteiger partial charge in [-0.3, -0.25) is 0 Å². The number of hydrogen-bond donors (Lipinski definition) is 0. The first-order valence-electron chi connectivity index (χ1n) is 9.61. The minimum atomic E-state index is -0.530. The van der Waals surface area contributed by atoms with E-state index < -0.39 is 6.16 Å². The number of rotatable bonds is 15. The normalized spacial score (nSPS) is 11.3. The van der Waals surface area contributed by atoms with Gasteiger partial charge in [0.05, 0.1) is 13.2 Å². The molecule has 0 amide bonds. The van der Waals surface area contributed by atoms with Crippen molar-refractivity contribution >= 4 is 6.16 Å². The van der Waals surface area contributed by atoms with Crippen LogP contribution in [0.25, 0.3) is 0 Å². The Bertz CT molecular complexity index is 285. The van der Waals surface area contributed by atoms with Gasteiger partial charge in [0.15, 0.2) is 0 Å². The first-order chi connectivity index (χ1) is 11.2. The summed E-state index contributed by atoms with van der Waals surface area (Å²) in [6.45, 7) is 7.18. The van der Waals surface area contributed by atoms with Gasteiger partial charge in [0.1, 0.15) is 0 Å². The Kier molecular flexibility index (Phi) is 16.6. The van der Waals surface area contributed by atoms with Gasteiger partial charge in [0.25, 0.3) is 0 Å². The predicted octanol–water partition coefficient (Wildman–Crippen LogP) is 6.66. The monoisotopic (exact) mass is 326 g/mol. The van der Waals surface area contributed by atoms with E-state index in [9.17, 15) is 4.79 Å². The van der Waals surface area contributed by atoms with Crippen LogP contribution in [0.5, 0.6) is 0 Å². The fourth-order valence-corrected chi connectivity index (χ4v) is 2.25. The topological polar surface area (TPSA) is 35.5 Å². The van der Waals surface area contributed by atoms with Crippen LogP contribution in [-0.4, -0.2) is 19.4 Å². The summed E-state index contributed by atoms with van der Waals surface area (Å²) in [7, 11) is 0. The van der Waals surface area contributed by atoms with Crippen molar-refractivity contribution in [1.82, 2.24) is 0 Å². The van der Waals surface area contributed by atoms with Crippen LogP contribution in [0.15, 0.2) is 12.2 Å². The van der Waals surface area contributed by atoms with Crippen LogP contribution >= 0.6 is 0 Å². The molecule has 0 aliphatic carbocycles. The van der Waals surface area contributed by atoms with Crippen molar-refractivity contribution in [2.45, 2.75) is 91.4 Å². The molecule has 0 aliphatic heterocycles. The van der Waals surface area contributed by atoms with Gasteiger partial charge >= 0.3 is 6.16 Å². The van der Waals surface area contributed by atoms with Crippen LogP contribution in [-0.2, 0) is 9.47 Å². The molecule has 0 radical (unpaired) electrons. The molecule has 0 atom stereocenters. The minimum Gasteiger partial charge on any atom is -0.434 e. The SMILES string of the molecule is CCCCCCCC/C=C/CCCCCOC(=O)OCC(C)C. The van der Waals surface area contributed by atoms with Crippen molar-refractivity contribution in [3.8, 4) is 0 Å². The molecule has 0 N–H and O–H groups in total. The quantitative estimate of drug-likeness (QED) is 0.192. The van der Waals surface area contributed by atoms with E-state index in [-0.39, 0.29) is 0 Å². The number of hydrogen-bond acceptors (Lipinski definition) is 3. The summed E-state index contributed by atoms with van der Waals surface area (Å²) in [6.07, 6.45) is 17.8. The highest BCUT2D eigenvalue weighted by atomic mass is 16.7. The molecule has 0 fully saturated rings. The number of ether oxygens (including phenoxy) is 2. The fourth-order valence-electron chi connectivity index (χ4n) is 2.25. The molecular formula is C20H38O3. The molecule has 3 nitrogen and oxygen atoms in total. The molecule has 0 aromatic heterocycles. The molecule has 0 aromatic rings. The lowest BCUT2D eigenvalue weighted by Crippen LogP contribution is -2.12. The van der Waals surface area contributed by atoms with Gasteiger partial charge in [-0.1, -0.05) is 65.0 Å². The van der Waals surface area contributed by atoms with Crippen LogP contribution in [0.1, 0.15) is 91.4 Å². The second kappa shape index (κ2) is 17.4. The standard InChI is InChI=1S/C20H38O3/c1-4-5-6-7-8-9-10-11-12-13-14-15-16-17-22-20(21)23-18-19(2)3/h11-12,19H,4-10,13-18H2,1-3H3/b12-11+. The Hall–Kier alpha value is -0.990. The van der Waals surface area contributed by atoms with Crippen LogP contribution in [0.3, 0.4) is 0 Å². The highest BCUT2D eigenvalue weighted by Crippen LogP contribution is 2.08. The van der Waals surface area contributed by atoms with Crippen LogP contribution in [0.4, 0.5) is 4.79 Å². The first kappa shape index (κ1) is 22.0. The zero-order chi connectivity index (χ0) is 17.2. The van der Waals surface area contributed by atoms with Crippen molar-refractivity contribution in [2.75, 3.05) is 13.2 Å². The van der Waals surface area contributed by atoms with Crippen LogP contribution < -0.4 is 0 Å². The zero-order valence-corrected chi connectivity index (χ0v) is 15.6. The second-order valence-corrected chi connectivity index (χ2v) is 6.68. The predicted molar refractivity (Wildman–Crippen MR) is 97.7 cm³/mol. The molecule has 136 valence electrons. The first-order valence-corrected chi connectivity index (χ1v) is 9.61. The average Bonchev–Trinajstić information content (AvgIpc) is 2.53. The third-order valence-electron chi connectivity index (χ3n) is 3.66. The molecule has 0 saturated carbocycles. The van der Waals surface area contributed by atoms with Gasteiger partial charge in [-0.15, -0.1) is 0 Å². The Labute approximate surface area is 143 Å². The summed E-state index contributed by atoms with van der Waals surface area (Å²) >= 11 is 0. The summed E-state index contributed by atoms with van der Waals surface area (Å²) in [5.74, 6) is 0.352. The summed E-state index contributed by atoms with van der Waals surface area (Å²) < 4.78 is 9.96. The molecule has 23 heavy (non-hydrogen) atoms. The van der Waals surface area contributed by atoms with E-state index in [0.29, 0.717) is 19.1 Å². The number of allylic oxidation sites excluding steroid dienone is 2. The van der Waals surface area contributed by atoms with Gasteiger partial charge < -0.3 is 9.47 Å². The van der Waals surface area contributed by atoms with Crippen LogP contribution in [0.2, 0.25) is 0 Å². The fraction of sp³-hybridized carbons (Fsp3) is 0.850. The van der Waals surface area contributed by atoms with E-state index in [0.717, 1.165) is 25.7 Å². The van der Waals surface area contributed by atoms with Crippen molar-refractivity contribution in [3.05, 3.63) is 12.2 Å². The maximum atomic E-state index is 11.2. The molecule has 3 heteroatoms. The molecule has 0 bridgehead atoms. The van der Waals surface area contributed by atoms with E-state index in [1.165, 1.54) is 44.9 Å². The lowest BCUT2D eigenvalue weighted by Gasteiger charge is -2.07. The third kappa shape index (κ3) is 19.0. The lowest BCUT2D eigenvalue weighted by molar-refractivity contribution is 0.0465. The Balaban J connectivity index is 3.20. The van der Waals surface area contributed by atoms with Crippen LogP contribution in [0, 0.1) is 5.92 Å². The van der Waals surface area contributed by atoms with Crippen molar-refractivity contribution in [1.29, 1.82) is 0 Å². The molecule has 0 heterocycles. The van der Waals surface area contributed by atoms with Gasteiger partial charge in [0, 0.05) is 0 Å². The van der Waals surface area contributed by atoms with E-state index in [1.54, 1.807) is 0 Å². The molecule has 0 spiro atoms. The average molecular weight is 327 g/mol. The number of carbonyl (C=O) groups is 1. The summed E-state index contributed by atoms with van der Waals surface area (Å²) in [5, 5.41) is 0. The van der Waals surface area contributed by atoms with E-state index >= 15 is 0 Å². The zero-order valence-electron chi connectivity index (χ0n) is 15.6. The summed E-state index contributed by atoms with van der Waals surface area (Å²) in [4.78, 5) is 11.2. The minimum absolute atomic E-state index is 0.352. The van der Waals surface area contributed by atoms with E-state index in [4.69, 9.17) is 9.47 Å². The molecule has 0 saturated heterocycles. The smallest absolute Gasteiger partial charge is 0.434 e. The largest absolute Gasteiger partial charge is 0.508 e. The lowest BCUT2D eigenvalue weighted by atomic mass is 10.1. The van der Waals surface area contributed by atoms with Crippen molar-refractivity contribution < 1.29 is 14.3 Å². The summed E-state index contributed by atoms with van der Waals surface area (Å²) in [5.41, 5.74) is 0. The maximum absolute atomic E-state index is 11.2. The Morgan fingerprint density at radius 3 is 2.00 bits per heavy atom. The molecule has 0 rings (SSSR count). The van der Waals surface area contributed by atoms with Gasteiger partial charge in [0.2, 0.25) is 0 Å². The molecule has 0 aromatic carbocycles. The second-order valence-electron chi connectivity index (χ2n) is 6.68. The molecule has 0 unspecified atom stereocenters. The highest BCUT2D eigenvalue weighted by Gasteiger charge is 2.04. The van der Waals surface area contributed by atoms with Crippen molar-refractivity contribution in [3.63, 3.8) is 0 Å². The summed E-state index contributed by atoms with van der Waals surface area (Å²) in [6, 6.07) is 0. The van der Waals surface area contributed by atoms with Gasteiger partial charge in [-0.05, 0) is 44.4 Å². The Morgan fingerprint density at radius 2 is 1.39 bits per heavy atom.